The number of halogens is 1. The summed E-state index contributed by atoms with van der Waals surface area (Å²) >= 11 is 3.39. The third-order valence-electron chi connectivity index (χ3n) is 3.55. The largest absolute Gasteiger partial charge is 0.334 e. The van der Waals surface area contributed by atoms with Crippen LogP contribution < -0.4 is 16.6 Å². The normalized spacial score (nSPS) is 11.3. The first kappa shape index (κ1) is 20.1. The number of rotatable bonds is 7. The lowest BCUT2D eigenvalue weighted by atomic mass is 10.2. The second-order valence-corrected chi connectivity index (χ2v) is 7.75. The maximum atomic E-state index is 12.1. The number of nitrogens with one attached hydrogen (secondary N) is 2. The number of carbonyl (C=O) groups excluding carboxylic acids is 1. The van der Waals surface area contributed by atoms with Gasteiger partial charge in [0.25, 0.3) is 5.95 Å². The first-order chi connectivity index (χ1) is 13.5. The van der Waals surface area contributed by atoms with Gasteiger partial charge in [0.2, 0.25) is 11.1 Å². The highest BCUT2D eigenvalue weighted by Gasteiger charge is 2.12. The van der Waals surface area contributed by atoms with E-state index in [9.17, 15) is 4.79 Å². The zero-order chi connectivity index (χ0) is 19.9. The average molecular weight is 508 g/mol. The molecule has 0 bridgehead atoms. The highest BCUT2D eigenvalue weighted by atomic mass is 127. The van der Waals surface area contributed by atoms with Crippen LogP contribution in [-0.2, 0) is 4.79 Å². The van der Waals surface area contributed by atoms with Crippen LogP contribution >= 0.6 is 34.4 Å². The van der Waals surface area contributed by atoms with E-state index in [2.05, 4.69) is 53.6 Å². The Morgan fingerprint density at radius 2 is 1.93 bits per heavy atom. The van der Waals surface area contributed by atoms with Gasteiger partial charge in [0.05, 0.1) is 11.5 Å². The number of pyridine rings is 1. The Morgan fingerprint density at radius 3 is 2.64 bits per heavy atom. The van der Waals surface area contributed by atoms with Crippen LogP contribution in [-0.4, -0.2) is 37.2 Å². The van der Waals surface area contributed by atoms with Crippen LogP contribution in [0.15, 0.2) is 59.0 Å². The Balaban J connectivity index is 1.55. The summed E-state index contributed by atoms with van der Waals surface area (Å²) in [6.45, 7) is 1.85. The number of hydrogen-bond acceptors (Lipinski definition) is 8. The van der Waals surface area contributed by atoms with Crippen molar-refractivity contribution in [2.45, 2.75) is 12.1 Å². The predicted octanol–water partition coefficient (Wildman–Crippen LogP) is 2.56. The summed E-state index contributed by atoms with van der Waals surface area (Å²) < 4.78 is 2.36. The number of nitrogens with two attached hydrogens (primary N) is 1. The third kappa shape index (κ3) is 5.42. The molecule has 0 unspecified atom stereocenters. The van der Waals surface area contributed by atoms with Crippen molar-refractivity contribution >= 4 is 57.6 Å². The molecule has 11 heteroatoms. The van der Waals surface area contributed by atoms with Crippen LogP contribution in [0.4, 0.5) is 11.6 Å². The molecule has 4 N–H and O–H groups in total. The second kappa shape index (κ2) is 9.50. The fourth-order valence-corrected chi connectivity index (χ4v) is 3.12. The molecule has 9 nitrogen and oxygen atoms in total. The molecule has 3 rings (SSSR count). The topological polar surface area (TPSA) is 123 Å². The third-order valence-corrected chi connectivity index (χ3v) is 5.21. The number of aromatic nitrogens is 4. The molecule has 0 saturated carbocycles. The van der Waals surface area contributed by atoms with Gasteiger partial charge in [0, 0.05) is 27.2 Å². The first-order valence-electron chi connectivity index (χ1n) is 8.12. The summed E-state index contributed by atoms with van der Waals surface area (Å²) in [7, 11) is 0. The molecule has 0 aliphatic carbocycles. The average Bonchev–Trinajstić information content (AvgIpc) is 3.06. The van der Waals surface area contributed by atoms with Gasteiger partial charge in [0.15, 0.2) is 0 Å². The van der Waals surface area contributed by atoms with Gasteiger partial charge in [-0.05, 0) is 65.9 Å². The molecule has 0 radical (unpaired) electrons. The van der Waals surface area contributed by atoms with Crippen molar-refractivity contribution in [2.24, 2.45) is 5.10 Å². The monoisotopic (exact) mass is 508 g/mol. The van der Waals surface area contributed by atoms with Crippen LogP contribution in [0, 0.1) is 3.57 Å². The molecular weight excluding hydrogens is 491 g/mol. The Morgan fingerprint density at radius 1 is 1.21 bits per heavy atom. The lowest BCUT2D eigenvalue weighted by molar-refractivity contribution is -0.113. The number of carbonyl (C=O) groups is 1. The highest BCUT2D eigenvalue weighted by molar-refractivity contribution is 14.1. The Kier molecular flexibility index (Phi) is 6.81. The molecule has 0 spiro atoms. The van der Waals surface area contributed by atoms with E-state index in [1.54, 1.807) is 12.4 Å². The van der Waals surface area contributed by atoms with Crippen molar-refractivity contribution in [1.29, 1.82) is 0 Å². The van der Waals surface area contributed by atoms with Crippen LogP contribution in [0.1, 0.15) is 12.5 Å². The number of hydrazone groups is 1. The van der Waals surface area contributed by atoms with Gasteiger partial charge < -0.3 is 11.2 Å². The van der Waals surface area contributed by atoms with Gasteiger partial charge in [0.1, 0.15) is 0 Å². The summed E-state index contributed by atoms with van der Waals surface area (Å²) in [5.41, 5.74) is 5.19. The number of thioether (sulfide) groups is 1. The van der Waals surface area contributed by atoms with E-state index in [-0.39, 0.29) is 17.6 Å². The highest BCUT2D eigenvalue weighted by Crippen LogP contribution is 2.18. The van der Waals surface area contributed by atoms with Crippen molar-refractivity contribution in [1.82, 2.24) is 19.9 Å². The standard InChI is InChI=1S/C17H17IN8OS/c1-11(12-6-8-20-9-7-12)22-23-16-24-25-17(26(16)19)28-10-15(27)21-14-4-2-13(18)3-5-14/h2-9H,10,19H2,1H3,(H,21,27)(H,23,24)/b22-11-. The molecule has 2 heterocycles. The van der Waals surface area contributed by atoms with Gasteiger partial charge in [-0.2, -0.15) is 5.10 Å². The van der Waals surface area contributed by atoms with Crippen molar-refractivity contribution in [3.63, 3.8) is 0 Å². The molecule has 28 heavy (non-hydrogen) atoms. The molecule has 0 aliphatic heterocycles. The number of anilines is 2. The first-order valence-corrected chi connectivity index (χ1v) is 10.2. The van der Waals surface area contributed by atoms with Crippen molar-refractivity contribution in [3.05, 3.63) is 57.9 Å². The van der Waals surface area contributed by atoms with Gasteiger partial charge in [-0.3, -0.25) is 9.78 Å². The lowest BCUT2D eigenvalue weighted by Crippen LogP contribution is -2.17. The molecule has 0 fully saturated rings. The summed E-state index contributed by atoms with van der Waals surface area (Å²) in [6.07, 6.45) is 3.38. The van der Waals surface area contributed by atoms with Crippen LogP contribution in [0.25, 0.3) is 0 Å². The molecule has 0 atom stereocenters. The SMILES string of the molecule is C/C(=N/Nc1nnc(SCC(=O)Nc2ccc(I)cc2)n1N)c1ccncc1. The Labute approximate surface area is 179 Å². The fraction of sp³-hybridized carbons (Fsp3) is 0.118. The van der Waals surface area contributed by atoms with Gasteiger partial charge in [-0.25, -0.2) is 10.1 Å². The minimum Gasteiger partial charge on any atom is -0.334 e. The zero-order valence-electron chi connectivity index (χ0n) is 14.8. The minimum absolute atomic E-state index is 0.153. The smallest absolute Gasteiger partial charge is 0.264 e. The van der Waals surface area contributed by atoms with Gasteiger partial charge in [-0.1, -0.05) is 11.8 Å². The molecule has 1 aromatic carbocycles. The van der Waals surface area contributed by atoms with E-state index >= 15 is 0 Å². The second-order valence-electron chi connectivity index (χ2n) is 5.56. The molecule has 2 aromatic heterocycles. The quantitative estimate of drug-likeness (QED) is 0.147. The van der Waals surface area contributed by atoms with Crippen LogP contribution in [0.5, 0.6) is 0 Å². The summed E-state index contributed by atoms with van der Waals surface area (Å²) in [5, 5.41) is 15.4. The fourth-order valence-electron chi connectivity index (χ4n) is 2.10. The molecule has 144 valence electrons. The number of benzene rings is 1. The molecular formula is C17H17IN8OS. The van der Waals surface area contributed by atoms with Crippen LogP contribution in [0.2, 0.25) is 0 Å². The Hall–Kier alpha value is -2.67. The van der Waals surface area contributed by atoms with E-state index in [0.717, 1.165) is 20.5 Å². The maximum Gasteiger partial charge on any atom is 0.264 e. The van der Waals surface area contributed by atoms with Crippen molar-refractivity contribution in [3.8, 4) is 0 Å². The number of amides is 1. The van der Waals surface area contributed by atoms with Gasteiger partial charge in [-0.15, -0.1) is 10.2 Å². The summed E-state index contributed by atoms with van der Waals surface area (Å²) in [4.78, 5) is 16.1. The van der Waals surface area contributed by atoms with E-state index in [0.29, 0.717) is 5.16 Å². The minimum atomic E-state index is -0.157. The van der Waals surface area contributed by atoms with E-state index < -0.39 is 0 Å². The lowest BCUT2D eigenvalue weighted by Gasteiger charge is -2.06. The molecule has 0 aliphatic rings. The molecule has 1 amide bonds. The number of nitrogens with zero attached hydrogens (tertiary/aromatic N) is 5. The summed E-state index contributed by atoms with van der Waals surface area (Å²) in [6, 6.07) is 11.2. The van der Waals surface area contributed by atoms with Gasteiger partial charge >= 0.3 is 0 Å². The van der Waals surface area contributed by atoms with Crippen LogP contribution in [0.3, 0.4) is 0 Å². The predicted molar refractivity (Wildman–Crippen MR) is 119 cm³/mol. The van der Waals surface area contributed by atoms with Crippen molar-refractivity contribution in [2.75, 3.05) is 22.3 Å². The van der Waals surface area contributed by atoms with Crippen molar-refractivity contribution < 1.29 is 4.79 Å². The molecule has 3 aromatic rings. The Bertz CT molecular complexity index is 975. The number of hydrogen-bond donors (Lipinski definition) is 3. The molecule has 0 saturated heterocycles. The van der Waals surface area contributed by atoms with E-state index in [1.165, 1.54) is 16.4 Å². The summed E-state index contributed by atoms with van der Waals surface area (Å²) in [5.74, 6) is 6.25. The maximum absolute atomic E-state index is 12.1. The van der Waals surface area contributed by atoms with E-state index in [1.807, 2.05) is 43.3 Å². The van der Waals surface area contributed by atoms with E-state index in [4.69, 9.17) is 5.84 Å². The zero-order valence-corrected chi connectivity index (χ0v) is 17.8. The number of nitrogen functional groups attached to an aromatic ring is 1.